The van der Waals surface area contributed by atoms with Gasteiger partial charge in [0, 0.05) is 23.8 Å². The third-order valence-electron chi connectivity index (χ3n) is 5.13. The molecular weight excluding hydrogens is 402 g/mol. The van der Waals surface area contributed by atoms with Crippen LogP contribution in [0.3, 0.4) is 0 Å². The number of furan rings is 1. The summed E-state index contributed by atoms with van der Waals surface area (Å²) in [6.45, 7) is 2.11. The summed E-state index contributed by atoms with van der Waals surface area (Å²) >= 11 is 0. The quantitative estimate of drug-likeness (QED) is 0.453. The number of hydrogen-bond donors (Lipinski definition) is 3. The molecule has 0 fully saturated rings. The third-order valence-corrected chi connectivity index (χ3v) is 5.13. The normalized spacial score (nSPS) is 13.4. The van der Waals surface area contributed by atoms with Crippen molar-refractivity contribution in [3.63, 3.8) is 0 Å². The fourth-order valence-corrected chi connectivity index (χ4v) is 3.37. The minimum absolute atomic E-state index is 0.173. The number of rotatable bonds is 4. The van der Waals surface area contributed by atoms with Crippen LogP contribution >= 0.6 is 0 Å². The molecule has 0 spiro atoms. The van der Waals surface area contributed by atoms with E-state index in [1.54, 1.807) is 47.0 Å². The molecule has 4 aromatic rings. The van der Waals surface area contributed by atoms with Gasteiger partial charge in [0.25, 0.3) is 11.8 Å². The van der Waals surface area contributed by atoms with Gasteiger partial charge in [-0.3, -0.25) is 14.7 Å². The second-order valence-corrected chi connectivity index (χ2v) is 6.98. The number of hydrogen-bond acceptors (Lipinski definition) is 8. The van der Waals surface area contributed by atoms with Crippen molar-refractivity contribution < 1.29 is 14.0 Å². The number of fused-ring (bicyclic) bond motifs is 2. The van der Waals surface area contributed by atoms with Crippen molar-refractivity contribution in [2.45, 2.75) is 13.5 Å². The monoisotopic (exact) mass is 419 g/mol. The number of H-pyrrole nitrogens is 1. The van der Waals surface area contributed by atoms with Crippen molar-refractivity contribution in [1.82, 2.24) is 30.4 Å². The number of amides is 2. The molecule has 1 aliphatic rings. The SMILES string of the molecule is CC1=C(C(=O)Nc2ccc3[nH]nc(NC(=O)c4ccco4)c3c2)Cn2nnnc2N1C. The summed E-state index contributed by atoms with van der Waals surface area (Å²) < 4.78 is 6.66. The summed E-state index contributed by atoms with van der Waals surface area (Å²) in [5.74, 6) is 0.390. The highest BCUT2D eigenvalue weighted by molar-refractivity contribution is 6.08. The van der Waals surface area contributed by atoms with E-state index in [1.807, 2.05) is 6.92 Å². The summed E-state index contributed by atoms with van der Waals surface area (Å²) in [6.07, 6.45) is 1.42. The van der Waals surface area contributed by atoms with Crippen LogP contribution in [0.25, 0.3) is 10.9 Å². The lowest BCUT2D eigenvalue weighted by molar-refractivity contribution is -0.113. The number of nitrogens with one attached hydrogen (secondary N) is 3. The third kappa shape index (κ3) is 3.19. The Bertz CT molecular complexity index is 1330. The van der Waals surface area contributed by atoms with E-state index in [1.165, 1.54) is 6.26 Å². The van der Waals surface area contributed by atoms with Crippen LogP contribution < -0.4 is 15.5 Å². The van der Waals surface area contributed by atoms with Crippen molar-refractivity contribution >= 4 is 40.2 Å². The molecule has 0 bridgehead atoms. The average molecular weight is 419 g/mol. The Hall–Kier alpha value is -4.48. The number of tetrazole rings is 1. The Balaban J connectivity index is 1.39. The Morgan fingerprint density at radius 3 is 2.87 bits per heavy atom. The summed E-state index contributed by atoms with van der Waals surface area (Å²) in [6, 6.07) is 8.45. The van der Waals surface area contributed by atoms with E-state index in [9.17, 15) is 9.59 Å². The summed E-state index contributed by atoms with van der Waals surface area (Å²) in [5, 5.41) is 24.8. The van der Waals surface area contributed by atoms with Crippen LogP contribution in [0.5, 0.6) is 0 Å². The molecule has 0 unspecified atom stereocenters. The van der Waals surface area contributed by atoms with E-state index in [2.05, 4.69) is 36.4 Å². The number of anilines is 3. The van der Waals surface area contributed by atoms with Gasteiger partial charge in [0.15, 0.2) is 11.6 Å². The molecule has 0 atom stereocenters. The van der Waals surface area contributed by atoms with Gasteiger partial charge >= 0.3 is 0 Å². The zero-order chi connectivity index (χ0) is 21.5. The van der Waals surface area contributed by atoms with Gasteiger partial charge in [-0.15, -0.1) is 0 Å². The minimum Gasteiger partial charge on any atom is -0.459 e. The first-order chi connectivity index (χ1) is 15.0. The van der Waals surface area contributed by atoms with Gasteiger partial charge in [-0.1, -0.05) is 5.10 Å². The Morgan fingerprint density at radius 2 is 2.06 bits per heavy atom. The molecule has 1 aliphatic heterocycles. The summed E-state index contributed by atoms with van der Waals surface area (Å²) in [4.78, 5) is 27.0. The number of carbonyl (C=O) groups excluding carboxylic acids is 2. The Kier molecular flexibility index (Phi) is 4.24. The van der Waals surface area contributed by atoms with E-state index >= 15 is 0 Å². The van der Waals surface area contributed by atoms with Crippen LogP contribution in [-0.4, -0.2) is 49.3 Å². The van der Waals surface area contributed by atoms with Crippen LogP contribution in [0.15, 0.2) is 52.3 Å². The average Bonchev–Trinajstić information content (AvgIpc) is 3.51. The van der Waals surface area contributed by atoms with Gasteiger partial charge in [0.05, 0.1) is 23.9 Å². The van der Waals surface area contributed by atoms with E-state index in [0.717, 1.165) is 5.70 Å². The van der Waals surface area contributed by atoms with Gasteiger partial charge in [-0.05, 0) is 47.7 Å². The molecule has 0 radical (unpaired) electrons. The smallest absolute Gasteiger partial charge is 0.292 e. The summed E-state index contributed by atoms with van der Waals surface area (Å²) in [7, 11) is 1.80. The highest BCUT2D eigenvalue weighted by Gasteiger charge is 2.26. The minimum atomic E-state index is -0.420. The Labute approximate surface area is 174 Å². The van der Waals surface area contributed by atoms with Crippen molar-refractivity contribution in [3.8, 4) is 0 Å². The number of nitrogens with zero attached hydrogens (tertiary/aromatic N) is 6. The number of aromatic amines is 1. The first-order valence-corrected chi connectivity index (χ1v) is 9.35. The zero-order valence-corrected chi connectivity index (χ0v) is 16.6. The maximum absolute atomic E-state index is 13.0. The molecular formula is C19H17N9O3. The molecule has 0 saturated carbocycles. The van der Waals surface area contributed by atoms with Crippen molar-refractivity contribution in [1.29, 1.82) is 0 Å². The second kappa shape index (κ2) is 7.09. The number of allylic oxidation sites excluding steroid dienone is 1. The van der Waals surface area contributed by atoms with Crippen LogP contribution in [-0.2, 0) is 11.3 Å². The zero-order valence-electron chi connectivity index (χ0n) is 16.6. The number of benzene rings is 1. The molecule has 156 valence electrons. The lowest BCUT2D eigenvalue weighted by Crippen LogP contribution is -2.32. The van der Waals surface area contributed by atoms with Gasteiger partial charge in [0.1, 0.15) is 0 Å². The van der Waals surface area contributed by atoms with Crippen LogP contribution in [0, 0.1) is 0 Å². The van der Waals surface area contributed by atoms with Gasteiger partial charge < -0.3 is 20.0 Å². The number of aromatic nitrogens is 6. The van der Waals surface area contributed by atoms with Gasteiger partial charge in [-0.2, -0.15) is 5.10 Å². The fourth-order valence-electron chi connectivity index (χ4n) is 3.37. The van der Waals surface area contributed by atoms with Crippen LogP contribution in [0.1, 0.15) is 17.5 Å². The lowest BCUT2D eigenvalue weighted by Gasteiger charge is -2.26. The maximum Gasteiger partial charge on any atom is 0.292 e. The van der Waals surface area contributed by atoms with E-state index in [-0.39, 0.29) is 18.2 Å². The molecule has 1 aromatic carbocycles. The first kappa shape index (κ1) is 18.5. The lowest BCUT2D eigenvalue weighted by atomic mass is 10.1. The van der Waals surface area contributed by atoms with Gasteiger partial charge in [-0.25, -0.2) is 4.68 Å². The van der Waals surface area contributed by atoms with Crippen molar-refractivity contribution in [3.05, 3.63) is 53.6 Å². The predicted molar refractivity (Wildman–Crippen MR) is 110 cm³/mol. The largest absolute Gasteiger partial charge is 0.459 e. The molecule has 0 saturated heterocycles. The van der Waals surface area contributed by atoms with Crippen LogP contribution in [0.2, 0.25) is 0 Å². The molecule has 2 amide bonds. The van der Waals surface area contributed by atoms with E-state index in [0.29, 0.717) is 33.9 Å². The van der Waals surface area contributed by atoms with Crippen molar-refractivity contribution in [2.75, 3.05) is 22.6 Å². The molecule has 5 rings (SSSR count). The highest BCUT2D eigenvalue weighted by atomic mass is 16.3. The number of carbonyl (C=O) groups is 2. The molecule has 31 heavy (non-hydrogen) atoms. The Morgan fingerprint density at radius 1 is 1.19 bits per heavy atom. The molecule has 3 N–H and O–H groups in total. The second-order valence-electron chi connectivity index (χ2n) is 6.98. The molecule has 12 nitrogen and oxygen atoms in total. The van der Waals surface area contributed by atoms with Gasteiger partial charge in [0.2, 0.25) is 5.95 Å². The standard InChI is InChI=1S/C19H17N9O3/c1-10-13(9-28-19(27(10)2)24-25-26-28)17(29)20-11-5-6-14-12(8-11)16(23-22-14)21-18(30)15-4-3-7-31-15/h3-8H,9H2,1-2H3,(H,20,29)(H2,21,22,23,30). The molecule has 4 heterocycles. The molecule has 0 aliphatic carbocycles. The topological polar surface area (TPSA) is 147 Å². The molecule has 3 aromatic heterocycles. The predicted octanol–water partition coefficient (Wildman–Crippen LogP) is 1.76. The fraction of sp³-hybridized carbons (Fsp3) is 0.158. The first-order valence-electron chi connectivity index (χ1n) is 9.35. The molecule has 12 heteroatoms. The van der Waals surface area contributed by atoms with E-state index < -0.39 is 5.91 Å². The van der Waals surface area contributed by atoms with E-state index in [4.69, 9.17) is 4.42 Å². The van der Waals surface area contributed by atoms with Crippen molar-refractivity contribution in [2.24, 2.45) is 0 Å². The van der Waals surface area contributed by atoms with Crippen LogP contribution in [0.4, 0.5) is 17.5 Å². The maximum atomic E-state index is 13.0. The highest BCUT2D eigenvalue weighted by Crippen LogP contribution is 2.27. The summed E-state index contributed by atoms with van der Waals surface area (Å²) in [5.41, 5.74) is 2.56.